The summed E-state index contributed by atoms with van der Waals surface area (Å²) in [5, 5.41) is 25.1. The second-order valence-corrected chi connectivity index (χ2v) is 8.62. The topological polar surface area (TPSA) is 106 Å². The molecule has 5 atom stereocenters. The fourth-order valence-corrected chi connectivity index (χ4v) is 4.30. The van der Waals surface area contributed by atoms with Crippen LogP contribution in [0.4, 0.5) is 27.8 Å². The summed E-state index contributed by atoms with van der Waals surface area (Å²) >= 11 is 0. The Labute approximate surface area is 197 Å². The number of carbonyl (C=O) groups is 1. The predicted octanol–water partition coefficient (Wildman–Crippen LogP) is 2.68. The normalized spacial score (nSPS) is 25.5. The molecule has 0 saturated carbocycles. The molecule has 194 valence electrons. The molecule has 1 amide bonds. The minimum absolute atomic E-state index is 0.00760. The number of ether oxygens (including phenoxy) is 2. The van der Waals surface area contributed by atoms with Gasteiger partial charge in [-0.3, -0.25) is 9.48 Å². The van der Waals surface area contributed by atoms with Gasteiger partial charge in [-0.2, -0.15) is 22.7 Å². The number of rotatable bonds is 7. The van der Waals surface area contributed by atoms with Gasteiger partial charge in [-0.05, 0) is 13.0 Å². The molecule has 0 bridgehead atoms. The van der Waals surface area contributed by atoms with Gasteiger partial charge in [0, 0.05) is 42.6 Å². The second-order valence-electron chi connectivity index (χ2n) is 8.62. The number of methoxy groups -OCH3 is 1. The number of hydrogen-bond donors (Lipinski definition) is 3. The van der Waals surface area contributed by atoms with Gasteiger partial charge >= 0.3 is 6.18 Å². The van der Waals surface area contributed by atoms with E-state index in [9.17, 15) is 31.9 Å². The molecule has 35 heavy (non-hydrogen) atoms. The third-order valence-electron chi connectivity index (χ3n) is 6.45. The van der Waals surface area contributed by atoms with Crippen molar-refractivity contribution in [3.05, 3.63) is 41.1 Å². The summed E-state index contributed by atoms with van der Waals surface area (Å²) in [7, 11) is 2.55. The van der Waals surface area contributed by atoms with E-state index in [0.29, 0.717) is 5.69 Å². The smallest absolute Gasteiger partial charge is 0.417 e. The van der Waals surface area contributed by atoms with Crippen LogP contribution in [0.2, 0.25) is 0 Å². The molecule has 0 spiro atoms. The van der Waals surface area contributed by atoms with Gasteiger partial charge in [-0.1, -0.05) is 13.0 Å². The Bertz CT molecular complexity index is 1090. The number of carbonyl (C=O) groups excluding carboxylic acids is 1. The van der Waals surface area contributed by atoms with Gasteiger partial charge < -0.3 is 25.0 Å². The maximum atomic E-state index is 14.4. The van der Waals surface area contributed by atoms with E-state index in [1.165, 1.54) is 24.7 Å². The van der Waals surface area contributed by atoms with Gasteiger partial charge in [0.1, 0.15) is 6.10 Å². The van der Waals surface area contributed by atoms with Crippen LogP contribution in [0.5, 0.6) is 5.75 Å². The Morgan fingerprint density at radius 1 is 1.37 bits per heavy atom. The summed E-state index contributed by atoms with van der Waals surface area (Å²) in [6.45, 7) is 1.50. The van der Waals surface area contributed by atoms with Crippen molar-refractivity contribution in [3.63, 3.8) is 0 Å². The molecule has 3 N–H and O–H groups in total. The highest BCUT2D eigenvalue weighted by molar-refractivity contribution is 5.94. The standard InChI is InChI=1S/C22H26F5N3O5/c1-10-16(13-5-6-14(23)17(24)18(13)34-4)19(35-21(10,2)22(25,26)27)20(33)28-15-8-11(30(3)29-15)7-12(32)9-31/h5-6,8,10,12,16,19,31-32H,7,9H2,1-4H3,(H,28,29,33)/t10-,12?,16-,19+,21+/m0/s1. The highest BCUT2D eigenvalue weighted by Crippen LogP contribution is 2.55. The maximum Gasteiger partial charge on any atom is 0.417 e. The molecule has 1 fully saturated rings. The molecule has 1 aliphatic heterocycles. The Balaban J connectivity index is 2.01. The molecule has 3 rings (SSSR count). The van der Waals surface area contributed by atoms with Crippen LogP contribution in [0.1, 0.15) is 31.0 Å². The van der Waals surface area contributed by atoms with Crippen molar-refractivity contribution >= 4 is 11.7 Å². The zero-order valence-corrected chi connectivity index (χ0v) is 19.4. The Morgan fingerprint density at radius 2 is 2.03 bits per heavy atom. The molecule has 1 unspecified atom stereocenters. The summed E-state index contributed by atoms with van der Waals surface area (Å²) in [5.74, 6) is -7.05. The molecule has 2 heterocycles. The quantitative estimate of drug-likeness (QED) is 0.498. The van der Waals surface area contributed by atoms with Crippen molar-refractivity contribution in [2.45, 2.75) is 50.2 Å². The number of anilines is 1. The first-order valence-electron chi connectivity index (χ1n) is 10.6. The number of aromatic nitrogens is 2. The van der Waals surface area contributed by atoms with Crippen LogP contribution in [-0.2, 0) is 23.0 Å². The molecule has 0 radical (unpaired) electrons. The molecule has 8 nitrogen and oxygen atoms in total. The number of aliphatic hydroxyl groups excluding tert-OH is 2. The van der Waals surface area contributed by atoms with Crippen molar-refractivity contribution in [2.75, 3.05) is 19.0 Å². The third kappa shape index (κ3) is 4.84. The SMILES string of the molecule is COc1c([C@H]2[C@H](C(=O)Nc3cc(CC(O)CO)n(C)n3)O[C@@](C)(C(F)(F)F)[C@H]2C)ccc(F)c1F. The van der Waals surface area contributed by atoms with Crippen molar-refractivity contribution in [1.82, 2.24) is 9.78 Å². The van der Waals surface area contributed by atoms with E-state index in [4.69, 9.17) is 14.6 Å². The Hall–Kier alpha value is -2.77. The number of aryl methyl sites for hydroxylation is 1. The molecule has 1 saturated heterocycles. The second kappa shape index (κ2) is 9.70. The minimum Gasteiger partial charge on any atom is -0.493 e. The summed E-state index contributed by atoms with van der Waals surface area (Å²) in [6, 6.07) is 3.19. The van der Waals surface area contributed by atoms with Crippen LogP contribution in [0.3, 0.4) is 0 Å². The van der Waals surface area contributed by atoms with Crippen molar-refractivity contribution in [2.24, 2.45) is 13.0 Å². The number of nitrogens with zero attached hydrogens (tertiary/aromatic N) is 2. The van der Waals surface area contributed by atoms with E-state index in [-0.39, 0.29) is 17.8 Å². The van der Waals surface area contributed by atoms with E-state index in [0.717, 1.165) is 26.2 Å². The van der Waals surface area contributed by atoms with Gasteiger partial charge in [-0.25, -0.2) is 4.39 Å². The first-order chi connectivity index (χ1) is 16.2. The lowest BCUT2D eigenvalue weighted by molar-refractivity contribution is -0.272. The van der Waals surface area contributed by atoms with Crippen LogP contribution in [-0.4, -0.2) is 63.6 Å². The molecule has 2 aromatic rings. The zero-order valence-electron chi connectivity index (χ0n) is 19.4. The summed E-state index contributed by atoms with van der Waals surface area (Å²) in [5.41, 5.74) is -2.50. The third-order valence-corrected chi connectivity index (χ3v) is 6.45. The number of alkyl halides is 3. The van der Waals surface area contributed by atoms with E-state index in [1.807, 2.05) is 0 Å². The lowest BCUT2D eigenvalue weighted by atomic mass is 9.77. The minimum atomic E-state index is -4.88. The Morgan fingerprint density at radius 3 is 2.60 bits per heavy atom. The summed E-state index contributed by atoms with van der Waals surface area (Å²) in [6.07, 6.45) is -7.72. The first-order valence-corrected chi connectivity index (χ1v) is 10.6. The highest BCUT2D eigenvalue weighted by Gasteiger charge is 2.66. The van der Waals surface area contributed by atoms with Crippen molar-refractivity contribution in [3.8, 4) is 5.75 Å². The van der Waals surface area contributed by atoms with E-state index in [1.54, 1.807) is 0 Å². The fourth-order valence-electron chi connectivity index (χ4n) is 4.30. The molecule has 1 aromatic carbocycles. The number of nitrogens with one attached hydrogen (secondary N) is 1. The maximum absolute atomic E-state index is 14.4. The van der Waals surface area contributed by atoms with Gasteiger partial charge in [0.25, 0.3) is 5.91 Å². The number of amides is 1. The lowest BCUT2D eigenvalue weighted by Crippen LogP contribution is -2.47. The predicted molar refractivity (Wildman–Crippen MR) is 113 cm³/mol. The largest absolute Gasteiger partial charge is 0.493 e. The molecule has 1 aromatic heterocycles. The van der Waals surface area contributed by atoms with Gasteiger partial charge in [0.15, 0.2) is 23.0 Å². The van der Waals surface area contributed by atoms with Crippen LogP contribution in [0.25, 0.3) is 0 Å². The molecule has 13 heteroatoms. The van der Waals surface area contributed by atoms with Crippen LogP contribution in [0, 0.1) is 17.6 Å². The summed E-state index contributed by atoms with van der Waals surface area (Å²) < 4.78 is 81.8. The van der Waals surface area contributed by atoms with Gasteiger partial charge in [-0.15, -0.1) is 0 Å². The first kappa shape index (κ1) is 26.8. The van der Waals surface area contributed by atoms with Crippen LogP contribution < -0.4 is 10.1 Å². The van der Waals surface area contributed by atoms with E-state index >= 15 is 0 Å². The van der Waals surface area contributed by atoms with Crippen LogP contribution >= 0.6 is 0 Å². The lowest BCUT2D eigenvalue weighted by Gasteiger charge is -2.32. The zero-order chi connectivity index (χ0) is 26.3. The number of aliphatic hydroxyl groups is 2. The number of hydrogen-bond acceptors (Lipinski definition) is 6. The number of halogens is 5. The van der Waals surface area contributed by atoms with Gasteiger partial charge in [0.05, 0.1) is 19.8 Å². The average Bonchev–Trinajstić information content (AvgIpc) is 3.26. The number of benzene rings is 1. The molecular formula is C22H26F5N3O5. The average molecular weight is 507 g/mol. The van der Waals surface area contributed by atoms with Gasteiger partial charge in [0.2, 0.25) is 5.82 Å². The van der Waals surface area contributed by atoms with Crippen molar-refractivity contribution < 1.29 is 46.4 Å². The van der Waals surface area contributed by atoms with E-state index < -0.39 is 65.7 Å². The fraction of sp³-hybridized carbons (Fsp3) is 0.545. The molecule has 0 aliphatic carbocycles. The van der Waals surface area contributed by atoms with Crippen molar-refractivity contribution in [1.29, 1.82) is 0 Å². The van der Waals surface area contributed by atoms with Crippen LogP contribution in [0.15, 0.2) is 18.2 Å². The summed E-state index contributed by atoms with van der Waals surface area (Å²) in [4.78, 5) is 13.2. The molecule has 1 aliphatic rings. The Kier molecular flexibility index (Phi) is 7.44. The molecular weight excluding hydrogens is 481 g/mol. The monoisotopic (exact) mass is 507 g/mol. The van der Waals surface area contributed by atoms with E-state index in [2.05, 4.69) is 10.4 Å². The highest BCUT2D eigenvalue weighted by atomic mass is 19.4.